The van der Waals surface area contributed by atoms with Crippen molar-refractivity contribution < 1.29 is 22.4 Å². The number of hydrogen-bond acceptors (Lipinski definition) is 7. The minimum atomic E-state index is -2.82. The Bertz CT molecular complexity index is 1940. The topological polar surface area (TPSA) is 92.9 Å². The highest BCUT2D eigenvalue weighted by Gasteiger charge is 2.50. The molecular weight excluding hydrogens is 620 g/mol. The summed E-state index contributed by atoms with van der Waals surface area (Å²) in [5.74, 6) is -0.579. The molecule has 46 heavy (non-hydrogen) atoms. The molecule has 2 fully saturated rings. The van der Waals surface area contributed by atoms with E-state index in [1.54, 1.807) is 16.1 Å². The number of nitrogens with one attached hydrogen (secondary N) is 2. The van der Waals surface area contributed by atoms with Crippen molar-refractivity contribution >= 4 is 39.0 Å². The number of imidazole rings is 1. The lowest BCUT2D eigenvalue weighted by Crippen LogP contribution is -2.34. The number of aromatic nitrogens is 5. The average Bonchev–Trinajstić information content (AvgIpc) is 3.86. The van der Waals surface area contributed by atoms with Crippen molar-refractivity contribution in [2.24, 2.45) is 5.92 Å². The van der Waals surface area contributed by atoms with Crippen molar-refractivity contribution in [3.05, 3.63) is 76.9 Å². The molecule has 3 aliphatic rings. The number of alkyl halides is 4. The molecule has 0 saturated carbocycles. The Morgan fingerprint density at radius 2 is 2.02 bits per heavy atom. The molecule has 238 valence electrons. The van der Waals surface area contributed by atoms with E-state index in [9.17, 15) is 18.0 Å². The first-order valence-corrected chi connectivity index (χ1v) is 16.0. The highest BCUT2D eigenvalue weighted by Crippen LogP contribution is 2.40. The zero-order chi connectivity index (χ0) is 31.7. The molecule has 6 heterocycles. The van der Waals surface area contributed by atoms with Gasteiger partial charge in [-0.25, -0.2) is 27.5 Å². The molecule has 3 aromatic heterocycles. The van der Waals surface area contributed by atoms with E-state index >= 15 is 4.39 Å². The standard InChI is InChI=1S/C32H30F4N8OS/c1-17-22(18-2-4-21(5-3-18)42-11-19-10-37-14-32(19,36)15-42)9-23(29(34)35)24-13-44(41-26(17)24)28(30(45)40-31-38-6-7-46-31)27-25-8-20(33)12-43(25)16-39-27/h2-7,9,13,16,19-20,28-29,37H,8,10-12,14-15H2,1H3,(H,38,40,45)/t19-,20+,28?,32+/m0/s1. The van der Waals surface area contributed by atoms with E-state index in [-0.39, 0.29) is 29.8 Å². The lowest BCUT2D eigenvalue weighted by Gasteiger charge is -2.21. The highest BCUT2D eigenvalue weighted by molar-refractivity contribution is 7.13. The Morgan fingerprint density at radius 3 is 2.76 bits per heavy atom. The number of fused-ring (bicyclic) bond motifs is 3. The van der Waals surface area contributed by atoms with Crippen LogP contribution < -0.4 is 15.5 Å². The van der Waals surface area contributed by atoms with E-state index in [0.29, 0.717) is 59.3 Å². The lowest BCUT2D eigenvalue weighted by molar-refractivity contribution is -0.118. The van der Waals surface area contributed by atoms with E-state index < -0.39 is 30.2 Å². The Hall–Kier alpha value is -4.30. The van der Waals surface area contributed by atoms with Crippen molar-refractivity contribution in [3.63, 3.8) is 0 Å². The number of benzene rings is 2. The number of thiazole rings is 1. The summed E-state index contributed by atoms with van der Waals surface area (Å²) in [6.45, 7) is 3.87. The number of aryl methyl sites for hydroxylation is 1. The van der Waals surface area contributed by atoms with Crippen molar-refractivity contribution in [1.82, 2.24) is 29.6 Å². The van der Waals surface area contributed by atoms with Gasteiger partial charge in [0.2, 0.25) is 0 Å². The summed E-state index contributed by atoms with van der Waals surface area (Å²) in [4.78, 5) is 24.4. The van der Waals surface area contributed by atoms with Gasteiger partial charge in [0.15, 0.2) is 11.2 Å². The maximum absolute atomic E-state index is 15.2. The monoisotopic (exact) mass is 650 g/mol. The maximum Gasteiger partial charge on any atom is 0.264 e. The normalized spacial score (nSPS) is 23.0. The minimum Gasteiger partial charge on any atom is -0.368 e. The first-order chi connectivity index (χ1) is 22.2. The Balaban J connectivity index is 1.18. The molecule has 0 bridgehead atoms. The van der Waals surface area contributed by atoms with Crippen molar-refractivity contribution in [1.29, 1.82) is 0 Å². The number of rotatable bonds is 7. The van der Waals surface area contributed by atoms with E-state index in [0.717, 1.165) is 11.3 Å². The third kappa shape index (κ3) is 4.77. The van der Waals surface area contributed by atoms with Gasteiger partial charge in [-0.3, -0.25) is 14.8 Å². The smallest absolute Gasteiger partial charge is 0.264 e. The lowest BCUT2D eigenvalue weighted by atomic mass is 9.95. The van der Waals surface area contributed by atoms with Gasteiger partial charge in [-0.1, -0.05) is 12.1 Å². The molecule has 0 aliphatic carbocycles. The molecule has 9 nitrogen and oxygen atoms in total. The molecule has 3 aliphatic heterocycles. The summed E-state index contributed by atoms with van der Waals surface area (Å²) < 4.78 is 61.9. The van der Waals surface area contributed by atoms with Gasteiger partial charge < -0.3 is 14.8 Å². The first-order valence-electron chi connectivity index (χ1n) is 15.1. The van der Waals surface area contributed by atoms with Gasteiger partial charge in [-0.05, 0) is 41.8 Å². The zero-order valence-electron chi connectivity index (χ0n) is 24.8. The predicted molar refractivity (Wildman–Crippen MR) is 167 cm³/mol. The average molecular weight is 651 g/mol. The molecular formula is C32H30F4N8OS. The molecule has 8 rings (SSSR count). The van der Waals surface area contributed by atoms with Gasteiger partial charge >= 0.3 is 0 Å². The third-order valence-electron chi connectivity index (χ3n) is 9.54. The Morgan fingerprint density at radius 1 is 1.20 bits per heavy atom. The van der Waals surface area contributed by atoms with E-state index in [1.807, 2.05) is 36.1 Å². The van der Waals surface area contributed by atoms with E-state index in [2.05, 4.69) is 20.6 Å². The molecule has 5 aromatic rings. The van der Waals surface area contributed by atoms with Gasteiger partial charge in [0, 0.05) is 72.1 Å². The summed E-state index contributed by atoms with van der Waals surface area (Å²) in [7, 11) is 0. The molecule has 2 aromatic carbocycles. The van der Waals surface area contributed by atoms with Crippen LogP contribution >= 0.6 is 11.3 Å². The summed E-state index contributed by atoms with van der Waals surface area (Å²) in [5, 5.41) is 12.9. The fourth-order valence-electron chi connectivity index (χ4n) is 7.20. The second-order valence-corrected chi connectivity index (χ2v) is 13.3. The number of carbonyl (C=O) groups is 1. The quantitative estimate of drug-likeness (QED) is 0.227. The maximum atomic E-state index is 15.2. The van der Waals surface area contributed by atoms with Crippen LogP contribution in [-0.2, 0) is 17.8 Å². The van der Waals surface area contributed by atoms with Crippen LogP contribution in [0.1, 0.15) is 35.0 Å². The van der Waals surface area contributed by atoms with Gasteiger partial charge in [0.1, 0.15) is 11.8 Å². The van der Waals surface area contributed by atoms with Crippen LogP contribution in [0.15, 0.2) is 54.4 Å². The molecule has 0 radical (unpaired) electrons. The van der Waals surface area contributed by atoms with Crippen LogP contribution in [-0.4, -0.2) is 68.2 Å². The second kappa shape index (κ2) is 10.9. The van der Waals surface area contributed by atoms with E-state index in [1.165, 1.54) is 34.6 Å². The minimum absolute atomic E-state index is 0.0605. The van der Waals surface area contributed by atoms with Crippen molar-refractivity contribution in [3.8, 4) is 11.1 Å². The molecule has 2 saturated heterocycles. The van der Waals surface area contributed by atoms with Gasteiger partial charge in [-0.2, -0.15) is 5.10 Å². The molecule has 1 amide bonds. The second-order valence-electron chi connectivity index (χ2n) is 12.4. The van der Waals surface area contributed by atoms with Crippen LogP contribution in [0.4, 0.5) is 28.4 Å². The molecule has 0 spiro atoms. The molecule has 14 heteroatoms. The number of hydrogen-bond donors (Lipinski definition) is 2. The molecule has 1 unspecified atom stereocenters. The van der Waals surface area contributed by atoms with Crippen LogP contribution in [0, 0.1) is 12.8 Å². The van der Waals surface area contributed by atoms with Crippen molar-refractivity contribution in [2.75, 3.05) is 36.4 Å². The van der Waals surface area contributed by atoms with Crippen LogP contribution in [0.5, 0.6) is 0 Å². The SMILES string of the molecule is Cc1c(-c2ccc(N3C[C@@H]4CNC[C@@]4(F)C3)cc2)cc(C(F)F)c2cn(C(C(=O)Nc3nccs3)c3ncn4c3C[C@@H](F)C4)nc12. The predicted octanol–water partition coefficient (Wildman–Crippen LogP) is 5.47. The van der Waals surface area contributed by atoms with Crippen molar-refractivity contribution in [2.45, 2.75) is 44.2 Å². The molecule has 4 atom stereocenters. The number of carbonyl (C=O) groups excluding carboxylic acids is 1. The van der Waals surface area contributed by atoms with Gasteiger partial charge in [-0.15, -0.1) is 11.3 Å². The summed E-state index contributed by atoms with van der Waals surface area (Å²) >= 11 is 1.23. The van der Waals surface area contributed by atoms with Crippen LogP contribution in [0.3, 0.4) is 0 Å². The number of nitrogens with zero attached hydrogens (tertiary/aromatic N) is 6. The number of anilines is 2. The van der Waals surface area contributed by atoms with Gasteiger partial charge in [0.25, 0.3) is 12.3 Å². The van der Waals surface area contributed by atoms with Gasteiger partial charge in [0.05, 0.1) is 30.6 Å². The zero-order valence-corrected chi connectivity index (χ0v) is 25.6. The first kappa shape index (κ1) is 29.1. The summed E-state index contributed by atoms with van der Waals surface area (Å²) in [6, 6.07) is 7.83. The Kier molecular flexibility index (Phi) is 6.90. The van der Waals surface area contributed by atoms with Crippen LogP contribution in [0.2, 0.25) is 0 Å². The highest BCUT2D eigenvalue weighted by atomic mass is 32.1. The molecule has 2 N–H and O–H groups in total. The fraction of sp³-hybridized carbons (Fsp3) is 0.375. The summed E-state index contributed by atoms with van der Waals surface area (Å²) in [6.07, 6.45) is 0.647. The Labute approximate surface area is 265 Å². The van der Waals surface area contributed by atoms with E-state index in [4.69, 9.17) is 5.10 Å². The number of halogens is 4. The largest absolute Gasteiger partial charge is 0.368 e. The fourth-order valence-corrected chi connectivity index (χ4v) is 7.73. The third-order valence-corrected chi connectivity index (χ3v) is 10.2. The number of amides is 1. The van der Waals surface area contributed by atoms with Crippen LogP contribution in [0.25, 0.3) is 22.0 Å². The summed E-state index contributed by atoms with van der Waals surface area (Å²) in [5.41, 5.74) is 2.57.